The number of carbonyl (C=O) groups is 2. The molecule has 0 bridgehead atoms. The van der Waals surface area contributed by atoms with E-state index in [0.717, 1.165) is 96.3 Å². The Morgan fingerprint density at radius 1 is 0.474 bits per heavy atom. The Morgan fingerprint density at radius 3 is 1.29 bits per heavy atom. The summed E-state index contributed by atoms with van der Waals surface area (Å²) in [7, 11) is 1.16. The average Bonchev–Trinajstić information content (AvgIpc) is 3.38. The third-order valence-corrected chi connectivity index (χ3v) is 14.5. The molecule has 0 saturated carbocycles. The van der Waals surface area contributed by atoms with Crippen LogP contribution >= 0.6 is 7.82 Å². The molecule has 0 fully saturated rings. The van der Waals surface area contributed by atoms with Crippen LogP contribution in [-0.2, 0) is 27.9 Å². The molecule has 3 atom stereocenters. The highest BCUT2D eigenvalue weighted by atomic mass is 31.2. The highest BCUT2D eigenvalue weighted by Crippen LogP contribution is 2.38. The van der Waals surface area contributed by atoms with E-state index in [1.54, 1.807) is 0 Å². The first-order valence-electron chi connectivity index (χ1n) is 31.4. The van der Waals surface area contributed by atoms with Crippen LogP contribution in [-0.4, -0.2) is 69.4 Å². The number of likely N-dealkylation sites (N-methyl/N-ethyl adjacent to an activating group) is 1. The van der Waals surface area contributed by atoms with Crippen LogP contribution in [0.15, 0.2) is 85.1 Å². The van der Waals surface area contributed by atoms with Gasteiger partial charge in [-0.3, -0.25) is 14.2 Å². The quantitative estimate of drug-likeness (QED) is 0.0212. The third-order valence-electron chi connectivity index (χ3n) is 13.6. The third kappa shape index (κ3) is 55.9. The Balaban J connectivity index is 5.11. The zero-order valence-corrected chi connectivity index (χ0v) is 51.1. The van der Waals surface area contributed by atoms with Crippen LogP contribution in [0.25, 0.3) is 0 Å². The Kier molecular flexibility index (Phi) is 53.5. The van der Waals surface area contributed by atoms with Gasteiger partial charge < -0.3 is 28.5 Å². The number of phosphoric acid groups is 1. The standard InChI is InChI=1S/C66H119N2O7P/c1-7-10-13-16-19-22-25-27-29-30-31-32-33-34-35-36-37-38-39-41-44-47-50-53-56-59-66(70)75-64(57-54-51-48-45-42-24-21-18-15-12-9-3)63(62-74-76(71,72)73-61-60-68(4,5)6)67-65(69)58-55-52-49-46-43-40-28-26-23-20-17-14-11-8-2/h11,14,19-20,22-23,27-29,31-32,40,54,57,63-64H,7-10,12-13,15-18,21,24-26,30,33-39,41-53,55-56,58-62H2,1-6H3,(H-,67,69,71,72)/b14-11+,22-19-,23-20+,29-27-,32-31-,40-28+,57-54-. The lowest BCUT2D eigenvalue weighted by Crippen LogP contribution is -2.47. The molecule has 0 aromatic rings. The number of hydrogen-bond acceptors (Lipinski definition) is 7. The molecule has 0 heterocycles. The van der Waals surface area contributed by atoms with Gasteiger partial charge >= 0.3 is 5.97 Å². The number of hydrogen-bond donors (Lipinski definition) is 1. The molecular weight excluding hydrogens is 964 g/mol. The zero-order chi connectivity index (χ0) is 55.7. The molecule has 0 saturated heterocycles. The summed E-state index contributed by atoms with van der Waals surface area (Å²) in [5.74, 6) is -0.570. The second kappa shape index (κ2) is 55.5. The number of phosphoric ester groups is 1. The van der Waals surface area contributed by atoms with E-state index in [9.17, 15) is 19.0 Å². The predicted molar refractivity (Wildman–Crippen MR) is 325 cm³/mol. The van der Waals surface area contributed by atoms with Crippen molar-refractivity contribution in [2.45, 2.75) is 283 Å². The molecule has 0 aromatic heterocycles. The number of unbranched alkanes of at least 4 members (excludes halogenated alkanes) is 28. The Bertz CT molecular complexity index is 1580. The van der Waals surface area contributed by atoms with E-state index in [-0.39, 0.29) is 31.3 Å². The van der Waals surface area contributed by atoms with Crippen molar-refractivity contribution in [2.24, 2.45) is 0 Å². The number of nitrogens with zero attached hydrogens (tertiary/aromatic N) is 1. The molecule has 9 nitrogen and oxygen atoms in total. The van der Waals surface area contributed by atoms with Gasteiger partial charge in [0.05, 0.1) is 33.8 Å². The van der Waals surface area contributed by atoms with E-state index in [0.29, 0.717) is 17.4 Å². The van der Waals surface area contributed by atoms with Crippen molar-refractivity contribution in [1.29, 1.82) is 0 Å². The lowest BCUT2D eigenvalue weighted by Gasteiger charge is -2.30. The van der Waals surface area contributed by atoms with Gasteiger partial charge in [0, 0.05) is 12.8 Å². The number of rotatable bonds is 56. The normalized spacial score (nSPS) is 14.2. The zero-order valence-electron chi connectivity index (χ0n) is 50.2. The number of quaternary nitrogens is 1. The molecule has 440 valence electrons. The van der Waals surface area contributed by atoms with Crippen molar-refractivity contribution in [3.05, 3.63) is 85.1 Å². The smallest absolute Gasteiger partial charge is 0.306 e. The monoisotopic (exact) mass is 1080 g/mol. The number of allylic oxidation sites excluding steroid dienone is 13. The van der Waals surface area contributed by atoms with Crippen molar-refractivity contribution in [2.75, 3.05) is 40.9 Å². The molecule has 3 unspecified atom stereocenters. The van der Waals surface area contributed by atoms with Crippen LogP contribution in [0.2, 0.25) is 0 Å². The van der Waals surface area contributed by atoms with Crippen molar-refractivity contribution < 1.29 is 37.3 Å². The first kappa shape index (κ1) is 73.2. The fraction of sp³-hybridized carbons (Fsp3) is 0.758. The van der Waals surface area contributed by atoms with E-state index in [1.807, 2.05) is 33.3 Å². The predicted octanol–water partition coefficient (Wildman–Crippen LogP) is 18.8. The van der Waals surface area contributed by atoms with Gasteiger partial charge in [0.25, 0.3) is 7.82 Å². The fourth-order valence-electron chi connectivity index (χ4n) is 8.72. The topological polar surface area (TPSA) is 114 Å². The lowest BCUT2D eigenvalue weighted by atomic mass is 10.0. The molecule has 0 radical (unpaired) electrons. The minimum atomic E-state index is -4.71. The van der Waals surface area contributed by atoms with E-state index in [2.05, 4.69) is 99.0 Å². The van der Waals surface area contributed by atoms with Gasteiger partial charge in [-0.2, -0.15) is 0 Å². The maximum atomic E-state index is 13.5. The molecule has 76 heavy (non-hydrogen) atoms. The molecule has 0 aliphatic carbocycles. The maximum absolute atomic E-state index is 13.5. The summed E-state index contributed by atoms with van der Waals surface area (Å²) in [5.41, 5.74) is 0. The first-order chi connectivity index (χ1) is 36.9. The van der Waals surface area contributed by atoms with E-state index < -0.39 is 26.6 Å². The summed E-state index contributed by atoms with van der Waals surface area (Å²) in [5, 5.41) is 3.01. The number of nitrogens with one attached hydrogen (secondary N) is 1. The molecule has 10 heteroatoms. The van der Waals surface area contributed by atoms with Gasteiger partial charge in [0.1, 0.15) is 19.3 Å². The van der Waals surface area contributed by atoms with Crippen LogP contribution in [0.5, 0.6) is 0 Å². The summed E-state index contributed by atoms with van der Waals surface area (Å²) in [6.07, 6.45) is 72.7. The summed E-state index contributed by atoms with van der Waals surface area (Å²) in [4.78, 5) is 39.9. The van der Waals surface area contributed by atoms with Crippen LogP contribution in [0, 0.1) is 0 Å². The molecule has 0 rings (SSSR count). The SMILES string of the molecule is CC/C=C/C/C=C/C/C=C/CCCCCCC(=O)NC(COP(=O)([O-])OCC[N+](C)(C)C)C(/C=C\CCCCCCCCCCC)OC(=O)CCCCCCCCCCCCCC/C=C\C/C=C\C/C=C\CCCCC. The number of ether oxygens (including phenoxy) is 1. The van der Waals surface area contributed by atoms with Crippen molar-refractivity contribution >= 4 is 19.7 Å². The lowest BCUT2D eigenvalue weighted by molar-refractivity contribution is -0.870. The van der Waals surface area contributed by atoms with E-state index in [4.69, 9.17) is 13.8 Å². The van der Waals surface area contributed by atoms with Crippen LogP contribution < -0.4 is 10.2 Å². The van der Waals surface area contributed by atoms with Crippen molar-refractivity contribution in [3.8, 4) is 0 Å². The fourth-order valence-corrected chi connectivity index (χ4v) is 9.44. The molecule has 1 amide bonds. The van der Waals surface area contributed by atoms with Gasteiger partial charge in [0.2, 0.25) is 5.91 Å². The first-order valence-corrected chi connectivity index (χ1v) is 32.9. The molecule has 0 aromatic carbocycles. The summed E-state index contributed by atoms with van der Waals surface area (Å²) < 4.78 is 30.3. The Hall–Kier alpha value is -2.81. The van der Waals surface area contributed by atoms with Gasteiger partial charge in [-0.25, -0.2) is 0 Å². The van der Waals surface area contributed by atoms with Gasteiger partial charge in [-0.05, 0) is 102 Å². The maximum Gasteiger partial charge on any atom is 0.306 e. The number of esters is 1. The van der Waals surface area contributed by atoms with Gasteiger partial charge in [0.15, 0.2) is 0 Å². The highest BCUT2D eigenvalue weighted by Gasteiger charge is 2.27. The second-order valence-electron chi connectivity index (χ2n) is 22.2. The molecular formula is C66H119N2O7P. The Labute approximate surface area is 469 Å². The van der Waals surface area contributed by atoms with Crippen molar-refractivity contribution in [1.82, 2.24) is 5.32 Å². The van der Waals surface area contributed by atoms with Gasteiger partial charge in [-0.1, -0.05) is 241 Å². The summed E-state index contributed by atoms with van der Waals surface area (Å²) >= 11 is 0. The second-order valence-corrected chi connectivity index (χ2v) is 23.6. The summed E-state index contributed by atoms with van der Waals surface area (Å²) in [6, 6.07) is -0.903. The molecule has 1 N–H and O–H groups in total. The van der Waals surface area contributed by atoms with E-state index in [1.165, 1.54) is 135 Å². The number of amides is 1. The van der Waals surface area contributed by atoms with Crippen molar-refractivity contribution in [3.63, 3.8) is 0 Å². The largest absolute Gasteiger partial charge is 0.756 e. The number of carbonyl (C=O) groups excluding carboxylic acids is 2. The van der Waals surface area contributed by atoms with Crippen LogP contribution in [0.1, 0.15) is 271 Å². The molecule has 0 spiro atoms. The minimum absolute atomic E-state index is 0.0301. The van der Waals surface area contributed by atoms with Crippen LogP contribution in [0.4, 0.5) is 0 Å². The molecule has 0 aliphatic rings. The molecule has 0 aliphatic heterocycles. The average molecular weight is 1080 g/mol. The minimum Gasteiger partial charge on any atom is -0.756 e. The van der Waals surface area contributed by atoms with Crippen LogP contribution in [0.3, 0.4) is 0 Å². The van der Waals surface area contributed by atoms with Gasteiger partial charge in [-0.15, -0.1) is 0 Å². The van der Waals surface area contributed by atoms with E-state index >= 15 is 0 Å². The highest BCUT2D eigenvalue weighted by molar-refractivity contribution is 7.45. The summed E-state index contributed by atoms with van der Waals surface area (Å²) in [6.45, 7) is 6.68. The Morgan fingerprint density at radius 2 is 0.842 bits per heavy atom.